The molecule has 1 aliphatic heterocycles. The molecule has 1 aliphatic rings. The van der Waals surface area contributed by atoms with Crippen molar-refractivity contribution >= 4 is 32.8 Å². The van der Waals surface area contributed by atoms with Crippen molar-refractivity contribution in [3.8, 4) is 0 Å². The van der Waals surface area contributed by atoms with Crippen molar-refractivity contribution in [1.82, 2.24) is 4.90 Å². The van der Waals surface area contributed by atoms with Gasteiger partial charge in [-0.05, 0) is 24.3 Å². The van der Waals surface area contributed by atoms with Crippen molar-refractivity contribution in [3.63, 3.8) is 0 Å². The number of hydrogen-bond donors (Lipinski definition) is 0. The van der Waals surface area contributed by atoms with Crippen molar-refractivity contribution in [2.75, 3.05) is 20.3 Å². The third-order valence-corrected chi connectivity index (χ3v) is 5.16. The standard InChI is InChI=1S/C20H15BrFNO4/c1-26-9-8-23-17(12-4-2-3-5-14(12)22)16-18(24)13-10-11(21)6-7-15(13)27-19(16)20(23)25/h2-7,10,17H,8-9H2,1H3/t17-/m1/s1. The van der Waals surface area contributed by atoms with Crippen LogP contribution in [0.25, 0.3) is 11.0 Å². The topological polar surface area (TPSA) is 59.8 Å². The van der Waals surface area contributed by atoms with E-state index in [2.05, 4.69) is 15.9 Å². The molecule has 1 aromatic heterocycles. The normalized spacial score (nSPS) is 16.2. The summed E-state index contributed by atoms with van der Waals surface area (Å²) in [7, 11) is 1.51. The Morgan fingerprint density at radius 3 is 2.74 bits per heavy atom. The predicted molar refractivity (Wildman–Crippen MR) is 101 cm³/mol. The van der Waals surface area contributed by atoms with Gasteiger partial charge in [-0.3, -0.25) is 9.59 Å². The summed E-state index contributed by atoms with van der Waals surface area (Å²) < 4.78 is 26.1. The molecule has 1 atom stereocenters. The van der Waals surface area contributed by atoms with Crippen LogP contribution >= 0.6 is 15.9 Å². The summed E-state index contributed by atoms with van der Waals surface area (Å²) in [4.78, 5) is 27.6. The highest BCUT2D eigenvalue weighted by Gasteiger charge is 2.43. The van der Waals surface area contributed by atoms with Crippen molar-refractivity contribution in [2.45, 2.75) is 6.04 Å². The number of ether oxygens (including phenoxy) is 1. The molecule has 0 radical (unpaired) electrons. The van der Waals surface area contributed by atoms with Crippen LogP contribution in [0.15, 0.2) is 56.1 Å². The van der Waals surface area contributed by atoms with Crippen LogP contribution in [-0.2, 0) is 4.74 Å². The minimum Gasteiger partial charge on any atom is -0.450 e. The summed E-state index contributed by atoms with van der Waals surface area (Å²) in [5, 5.41) is 0.339. The Morgan fingerprint density at radius 1 is 1.22 bits per heavy atom. The summed E-state index contributed by atoms with van der Waals surface area (Å²) in [5.74, 6) is -0.976. The molecule has 3 aromatic rings. The van der Waals surface area contributed by atoms with Gasteiger partial charge >= 0.3 is 0 Å². The lowest BCUT2D eigenvalue weighted by molar-refractivity contribution is 0.0661. The van der Waals surface area contributed by atoms with Gasteiger partial charge in [0, 0.05) is 23.7 Å². The molecule has 7 heteroatoms. The van der Waals surface area contributed by atoms with E-state index < -0.39 is 17.8 Å². The van der Waals surface area contributed by atoms with Gasteiger partial charge in [0.15, 0.2) is 5.43 Å². The fraction of sp³-hybridized carbons (Fsp3) is 0.200. The zero-order chi connectivity index (χ0) is 19.1. The number of fused-ring (bicyclic) bond motifs is 2. The molecule has 138 valence electrons. The van der Waals surface area contributed by atoms with Crippen LogP contribution in [0.5, 0.6) is 0 Å². The monoisotopic (exact) mass is 431 g/mol. The van der Waals surface area contributed by atoms with E-state index >= 15 is 0 Å². The van der Waals surface area contributed by atoms with E-state index in [9.17, 15) is 14.0 Å². The Hall–Kier alpha value is -2.51. The molecule has 0 aliphatic carbocycles. The number of rotatable bonds is 4. The number of amides is 1. The number of hydrogen-bond acceptors (Lipinski definition) is 4. The average Bonchev–Trinajstić information content (AvgIpc) is 2.93. The van der Waals surface area contributed by atoms with Crippen molar-refractivity contribution in [1.29, 1.82) is 0 Å². The molecular weight excluding hydrogens is 417 g/mol. The van der Waals surface area contributed by atoms with Crippen LogP contribution in [0.4, 0.5) is 4.39 Å². The fourth-order valence-corrected chi connectivity index (χ4v) is 3.79. The number of carbonyl (C=O) groups excluding carboxylic acids is 1. The van der Waals surface area contributed by atoms with E-state index in [1.165, 1.54) is 18.1 Å². The first kappa shape index (κ1) is 17.9. The predicted octanol–water partition coefficient (Wildman–Crippen LogP) is 3.89. The number of nitrogens with zero attached hydrogens (tertiary/aromatic N) is 1. The fourth-order valence-electron chi connectivity index (χ4n) is 3.43. The lowest BCUT2D eigenvalue weighted by Crippen LogP contribution is -2.33. The van der Waals surface area contributed by atoms with E-state index in [-0.39, 0.29) is 35.5 Å². The highest BCUT2D eigenvalue weighted by Crippen LogP contribution is 2.39. The molecule has 0 spiro atoms. The zero-order valence-electron chi connectivity index (χ0n) is 14.4. The summed E-state index contributed by atoms with van der Waals surface area (Å²) in [6.45, 7) is 0.460. The maximum Gasteiger partial charge on any atom is 0.290 e. The molecule has 0 saturated heterocycles. The molecule has 4 rings (SSSR count). The molecule has 0 unspecified atom stereocenters. The van der Waals surface area contributed by atoms with Crippen LogP contribution in [0.3, 0.4) is 0 Å². The molecule has 0 N–H and O–H groups in total. The first-order valence-electron chi connectivity index (χ1n) is 8.33. The summed E-state index contributed by atoms with van der Waals surface area (Å²) in [5.41, 5.74) is 0.388. The second-order valence-electron chi connectivity index (χ2n) is 6.23. The Kier molecular flexibility index (Phi) is 4.57. The SMILES string of the molecule is COCCN1C(=O)c2oc3ccc(Br)cc3c(=O)c2[C@H]1c1ccccc1F. The molecule has 0 bridgehead atoms. The maximum atomic E-state index is 14.6. The van der Waals surface area contributed by atoms with E-state index in [4.69, 9.17) is 9.15 Å². The Morgan fingerprint density at radius 2 is 2.00 bits per heavy atom. The van der Waals surface area contributed by atoms with E-state index in [0.717, 1.165) is 0 Å². The highest BCUT2D eigenvalue weighted by atomic mass is 79.9. The Balaban J connectivity index is 2.00. The molecule has 0 saturated carbocycles. The Labute approximate surface area is 162 Å². The number of benzene rings is 2. The minimum absolute atomic E-state index is 0.0424. The van der Waals surface area contributed by atoms with Crippen LogP contribution in [0.2, 0.25) is 0 Å². The summed E-state index contributed by atoms with van der Waals surface area (Å²) in [6, 6.07) is 10.3. The lowest BCUT2D eigenvalue weighted by atomic mass is 9.98. The zero-order valence-corrected chi connectivity index (χ0v) is 16.0. The third kappa shape index (κ3) is 2.87. The second-order valence-corrected chi connectivity index (χ2v) is 7.15. The van der Waals surface area contributed by atoms with Gasteiger partial charge in [-0.2, -0.15) is 0 Å². The van der Waals surface area contributed by atoms with Crippen LogP contribution in [-0.4, -0.2) is 31.1 Å². The van der Waals surface area contributed by atoms with Crippen molar-refractivity contribution in [3.05, 3.63) is 79.9 Å². The quantitative estimate of drug-likeness (QED) is 0.628. The molecule has 27 heavy (non-hydrogen) atoms. The van der Waals surface area contributed by atoms with Crippen molar-refractivity contribution in [2.24, 2.45) is 0 Å². The first-order valence-corrected chi connectivity index (χ1v) is 9.13. The average molecular weight is 432 g/mol. The van der Waals surface area contributed by atoms with Crippen LogP contribution < -0.4 is 5.43 Å². The smallest absolute Gasteiger partial charge is 0.290 e. The van der Waals surface area contributed by atoms with E-state index in [0.29, 0.717) is 15.4 Å². The van der Waals surface area contributed by atoms with Gasteiger partial charge in [-0.25, -0.2) is 4.39 Å². The molecule has 5 nitrogen and oxygen atoms in total. The number of halogens is 2. The van der Waals surface area contributed by atoms with Gasteiger partial charge < -0.3 is 14.1 Å². The second kappa shape index (κ2) is 6.90. The third-order valence-electron chi connectivity index (χ3n) is 4.66. The van der Waals surface area contributed by atoms with Gasteiger partial charge in [0.1, 0.15) is 11.4 Å². The van der Waals surface area contributed by atoms with E-state index in [1.807, 2.05) is 0 Å². The van der Waals surface area contributed by atoms with E-state index in [1.54, 1.807) is 36.4 Å². The highest BCUT2D eigenvalue weighted by molar-refractivity contribution is 9.10. The first-order chi connectivity index (χ1) is 13.0. The van der Waals surface area contributed by atoms with Crippen molar-refractivity contribution < 1.29 is 18.3 Å². The van der Waals surface area contributed by atoms with Gasteiger partial charge in [0.25, 0.3) is 5.91 Å². The van der Waals surface area contributed by atoms with Gasteiger partial charge in [0.05, 0.1) is 23.6 Å². The molecule has 1 amide bonds. The van der Waals surface area contributed by atoms with Gasteiger partial charge in [0.2, 0.25) is 5.76 Å². The largest absolute Gasteiger partial charge is 0.450 e. The summed E-state index contributed by atoms with van der Waals surface area (Å²) in [6.07, 6.45) is 0. The number of carbonyl (C=O) groups is 1. The van der Waals surface area contributed by atoms with Gasteiger partial charge in [-0.1, -0.05) is 34.1 Å². The van der Waals surface area contributed by atoms with Gasteiger partial charge in [-0.15, -0.1) is 0 Å². The van der Waals surface area contributed by atoms with Crippen LogP contribution in [0.1, 0.15) is 27.7 Å². The number of methoxy groups -OCH3 is 1. The Bertz CT molecular complexity index is 1110. The van der Waals surface area contributed by atoms with Crippen LogP contribution in [0, 0.1) is 5.82 Å². The summed E-state index contributed by atoms with van der Waals surface area (Å²) >= 11 is 3.34. The molecular formula is C20H15BrFNO4. The molecule has 0 fully saturated rings. The molecule has 2 aromatic carbocycles. The maximum absolute atomic E-state index is 14.6. The minimum atomic E-state index is -0.858. The molecule has 2 heterocycles. The lowest BCUT2D eigenvalue weighted by Gasteiger charge is -2.25.